The van der Waals surface area contributed by atoms with Crippen LogP contribution in [0.5, 0.6) is 0 Å². The molecule has 1 heterocycles. The van der Waals surface area contributed by atoms with Gasteiger partial charge < -0.3 is 10.2 Å². The first-order chi connectivity index (χ1) is 8.57. The summed E-state index contributed by atoms with van der Waals surface area (Å²) in [5, 5.41) is 2.66. The summed E-state index contributed by atoms with van der Waals surface area (Å²) in [5.41, 5.74) is 7.37. The molecule has 0 unspecified atom stereocenters. The Morgan fingerprint density at radius 1 is 1.28 bits per heavy atom. The minimum atomic E-state index is 0.0325. The lowest BCUT2D eigenvalue weighted by molar-refractivity contribution is 0.519. The Balaban J connectivity index is 2.73. The molecule has 2 rings (SSSR count). The van der Waals surface area contributed by atoms with Gasteiger partial charge in [0.1, 0.15) is 5.76 Å². The van der Waals surface area contributed by atoms with Gasteiger partial charge in [-0.3, -0.25) is 0 Å². The summed E-state index contributed by atoms with van der Waals surface area (Å²) in [6.45, 7) is 4.30. The third kappa shape index (κ3) is 2.46. The monoisotopic (exact) mass is 259 g/mol. The van der Waals surface area contributed by atoms with Crippen LogP contribution in [0.25, 0.3) is 24.4 Å². The lowest BCUT2D eigenvalue weighted by Gasteiger charge is -2.11. The summed E-state index contributed by atoms with van der Waals surface area (Å²) in [4.78, 5) is 0. The molecule has 1 aliphatic carbocycles. The fraction of sp³-hybridized carbons (Fsp3) is 0.200. The van der Waals surface area contributed by atoms with Crippen LogP contribution < -0.4 is 16.4 Å². The second-order valence-electron chi connectivity index (χ2n) is 4.82. The second-order valence-corrected chi connectivity index (χ2v) is 5.12. The average molecular weight is 259 g/mol. The van der Waals surface area contributed by atoms with E-state index in [1.54, 1.807) is 5.41 Å². The Morgan fingerprint density at radius 3 is 2.67 bits per heavy atom. The molecule has 18 heavy (non-hydrogen) atoms. The van der Waals surface area contributed by atoms with Crippen LogP contribution in [0, 0.1) is 5.41 Å². The molecule has 0 radical (unpaired) electrons. The van der Waals surface area contributed by atoms with Crippen LogP contribution in [0.4, 0.5) is 0 Å². The van der Waals surface area contributed by atoms with Crippen molar-refractivity contribution in [2.24, 2.45) is 11.1 Å². The first kappa shape index (κ1) is 12.8. The van der Waals surface area contributed by atoms with Gasteiger partial charge in [-0.2, -0.15) is 12.6 Å². The molecule has 3 heteroatoms. The lowest BCUT2D eigenvalue weighted by Crippen LogP contribution is -2.23. The highest BCUT2D eigenvalue weighted by Crippen LogP contribution is 2.25. The van der Waals surface area contributed by atoms with Gasteiger partial charge in [0.15, 0.2) is 5.42 Å². The number of rotatable bonds is 1. The van der Waals surface area contributed by atoms with Gasteiger partial charge in [-0.25, -0.2) is 0 Å². The Kier molecular flexibility index (Phi) is 3.53. The standard InChI is InChI=1S/C15H17NOS/c1-15(2)7-5-12-11(4-3-9-18)14(10-16)17-13(12)6-8-15/h3-10,18H,16H2,1-2H3/b9-3+,11-4-,14-10+. The van der Waals surface area contributed by atoms with Crippen LogP contribution in [0.3, 0.4) is 0 Å². The van der Waals surface area contributed by atoms with Gasteiger partial charge in [-0.05, 0) is 17.6 Å². The Labute approximate surface area is 112 Å². The van der Waals surface area contributed by atoms with E-state index in [0.29, 0.717) is 5.42 Å². The van der Waals surface area contributed by atoms with E-state index in [4.69, 9.17) is 10.2 Å². The molecular formula is C15H17NOS. The van der Waals surface area contributed by atoms with Crippen molar-refractivity contribution in [3.63, 3.8) is 0 Å². The lowest BCUT2D eigenvalue weighted by atomic mass is 9.93. The normalized spacial score (nSPS) is 19.5. The quantitative estimate of drug-likeness (QED) is 0.759. The molecule has 0 saturated heterocycles. The number of thiol groups is 1. The van der Waals surface area contributed by atoms with Crippen molar-refractivity contribution in [3.05, 3.63) is 45.6 Å². The third-order valence-corrected chi connectivity index (χ3v) is 3.06. The van der Waals surface area contributed by atoms with E-state index >= 15 is 0 Å². The third-order valence-electron chi connectivity index (χ3n) is 2.89. The van der Waals surface area contributed by atoms with Crippen LogP contribution in [-0.2, 0) is 0 Å². The topological polar surface area (TPSA) is 39.2 Å². The molecular weight excluding hydrogens is 242 g/mol. The first-order valence-corrected chi connectivity index (χ1v) is 6.33. The van der Waals surface area contributed by atoms with Crippen molar-refractivity contribution in [3.8, 4) is 0 Å². The van der Waals surface area contributed by atoms with Crippen LogP contribution in [0.2, 0.25) is 0 Å². The molecule has 0 aliphatic heterocycles. The fourth-order valence-electron chi connectivity index (χ4n) is 1.87. The molecule has 0 amide bonds. The highest BCUT2D eigenvalue weighted by atomic mass is 32.1. The second kappa shape index (κ2) is 4.94. The molecule has 0 fully saturated rings. The van der Waals surface area contributed by atoms with Crippen LogP contribution >= 0.6 is 12.6 Å². The van der Waals surface area contributed by atoms with Crippen LogP contribution in [0.15, 0.2) is 28.1 Å². The maximum Gasteiger partial charge on any atom is 0.150 e. The summed E-state index contributed by atoms with van der Waals surface area (Å²) in [6.07, 6.45) is 13.7. The minimum Gasteiger partial charge on any atom is -0.455 e. The predicted molar refractivity (Wildman–Crippen MR) is 81.1 cm³/mol. The van der Waals surface area contributed by atoms with Gasteiger partial charge in [0.2, 0.25) is 0 Å². The van der Waals surface area contributed by atoms with Crippen molar-refractivity contribution in [1.82, 2.24) is 0 Å². The van der Waals surface area contributed by atoms with Gasteiger partial charge in [0.05, 0.1) is 0 Å². The van der Waals surface area contributed by atoms with Crippen molar-refractivity contribution >= 4 is 37.1 Å². The number of nitrogens with two attached hydrogens (primary N) is 1. The summed E-state index contributed by atoms with van der Waals surface area (Å²) in [5.74, 6) is 0.840. The summed E-state index contributed by atoms with van der Waals surface area (Å²) in [7, 11) is 0. The van der Waals surface area contributed by atoms with Crippen molar-refractivity contribution in [2.75, 3.05) is 0 Å². The zero-order valence-electron chi connectivity index (χ0n) is 10.6. The molecule has 1 aliphatic rings. The molecule has 0 atom stereocenters. The summed E-state index contributed by atoms with van der Waals surface area (Å²) < 4.78 is 5.75. The molecule has 0 saturated carbocycles. The SMILES string of the molecule is CC1(C)C=Cc2oc(=C/N)/c(=C\C=C\S)c2C=C1. The maximum absolute atomic E-state index is 5.75. The van der Waals surface area contributed by atoms with Crippen molar-refractivity contribution < 1.29 is 4.42 Å². The fourth-order valence-corrected chi connectivity index (χ4v) is 1.95. The van der Waals surface area contributed by atoms with Gasteiger partial charge in [-0.15, -0.1) is 0 Å². The van der Waals surface area contributed by atoms with E-state index in [0.717, 1.165) is 16.5 Å². The molecule has 0 spiro atoms. The number of furan rings is 1. The highest BCUT2D eigenvalue weighted by Gasteiger charge is 2.15. The zero-order chi connectivity index (χ0) is 13.2. The smallest absolute Gasteiger partial charge is 0.150 e. The molecule has 1 aromatic rings. The van der Waals surface area contributed by atoms with E-state index in [1.807, 2.05) is 18.2 Å². The van der Waals surface area contributed by atoms with Gasteiger partial charge in [0, 0.05) is 22.4 Å². The molecule has 2 N–H and O–H groups in total. The van der Waals surface area contributed by atoms with Crippen molar-refractivity contribution in [1.29, 1.82) is 0 Å². The van der Waals surface area contributed by atoms with Gasteiger partial charge in [0.25, 0.3) is 0 Å². The first-order valence-electron chi connectivity index (χ1n) is 5.82. The zero-order valence-corrected chi connectivity index (χ0v) is 11.4. The van der Waals surface area contributed by atoms with E-state index < -0.39 is 0 Å². The summed E-state index contributed by atoms with van der Waals surface area (Å²) in [6, 6.07) is 0. The van der Waals surface area contributed by atoms with Gasteiger partial charge >= 0.3 is 0 Å². The molecule has 0 bridgehead atoms. The number of allylic oxidation sites excluding steroid dienone is 3. The summed E-state index contributed by atoms with van der Waals surface area (Å²) >= 11 is 4.05. The maximum atomic E-state index is 5.75. The van der Waals surface area contributed by atoms with E-state index in [1.165, 1.54) is 6.20 Å². The average Bonchev–Trinajstić information content (AvgIpc) is 2.61. The molecule has 0 aromatic carbocycles. The van der Waals surface area contributed by atoms with Crippen molar-refractivity contribution in [2.45, 2.75) is 13.8 Å². The largest absolute Gasteiger partial charge is 0.455 e. The van der Waals surface area contributed by atoms with Gasteiger partial charge in [-0.1, -0.05) is 38.2 Å². The highest BCUT2D eigenvalue weighted by molar-refractivity contribution is 7.83. The molecule has 94 valence electrons. The number of fused-ring (bicyclic) bond motifs is 1. The van der Waals surface area contributed by atoms with Crippen LogP contribution in [-0.4, -0.2) is 0 Å². The Morgan fingerprint density at radius 2 is 2.00 bits per heavy atom. The number of hydrogen-bond donors (Lipinski definition) is 2. The minimum absolute atomic E-state index is 0.0325. The number of hydrogen-bond acceptors (Lipinski definition) is 3. The molecule has 1 aromatic heterocycles. The van der Waals surface area contributed by atoms with Crippen LogP contribution in [0.1, 0.15) is 25.2 Å². The Bertz CT molecular complexity index is 645. The predicted octanol–water partition coefficient (Wildman–Crippen LogP) is 2.27. The molecule has 2 nitrogen and oxygen atoms in total. The Hall–Kier alpha value is -1.61. The van der Waals surface area contributed by atoms with E-state index in [-0.39, 0.29) is 5.41 Å². The van der Waals surface area contributed by atoms with E-state index in [9.17, 15) is 0 Å². The van der Waals surface area contributed by atoms with E-state index in [2.05, 4.69) is 44.7 Å².